The molecule has 0 spiro atoms. The van der Waals surface area contributed by atoms with Gasteiger partial charge in [0.05, 0.1) is 37.3 Å². The summed E-state index contributed by atoms with van der Waals surface area (Å²) in [6.45, 7) is 4.98. The molecule has 0 unspecified atom stereocenters. The summed E-state index contributed by atoms with van der Waals surface area (Å²) in [5.74, 6) is 0.920. The number of fused-ring (bicyclic) bond motifs is 2. The van der Waals surface area contributed by atoms with Gasteiger partial charge in [-0.15, -0.1) is 0 Å². The molecule has 3 aromatic rings. The normalized spacial score (nSPS) is 19.9. The molecule has 1 aromatic heterocycles. The lowest BCUT2D eigenvalue weighted by molar-refractivity contribution is 0.0486. The minimum Gasteiger partial charge on any atom is -0.493 e. The molecule has 0 N–H and O–H groups in total. The van der Waals surface area contributed by atoms with Crippen molar-refractivity contribution in [1.29, 1.82) is 0 Å². The molecule has 0 saturated carbocycles. The number of ether oxygens (including phenoxy) is 3. The van der Waals surface area contributed by atoms with Crippen molar-refractivity contribution in [2.24, 2.45) is 0 Å². The van der Waals surface area contributed by atoms with Gasteiger partial charge < -0.3 is 23.5 Å². The SMILES string of the molecule is COc1ccc([C@@H]2c3c(oc4cc(C)c(C)cc4c3=O)C(=O)N2C[C@@H]2CCCO2)cc1OC. The number of carbonyl (C=O) groups is 1. The second-order valence-corrected chi connectivity index (χ2v) is 8.72. The molecule has 7 nitrogen and oxygen atoms in total. The predicted molar refractivity (Wildman–Crippen MR) is 123 cm³/mol. The van der Waals surface area contributed by atoms with Crippen molar-refractivity contribution in [3.8, 4) is 11.5 Å². The Hall–Kier alpha value is -3.32. The van der Waals surface area contributed by atoms with Gasteiger partial charge in [-0.25, -0.2) is 0 Å². The number of aryl methyl sites for hydroxylation is 2. The van der Waals surface area contributed by atoms with Gasteiger partial charge in [0.1, 0.15) is 5.58 Å². The van der Waals surface area contributed by atoms with Crippen LogP contribution < -0.4 is 14.9 Å². The fourth-order valence-electron chi connectivity index (χ4n) is 4.84. The standard InChI is InChI=1S/C26H27NO6/c1-14-10-18-20(11-15(14)2)33-25-22(24(18)28)23(16-7-8-19(30-3)21(12-16)31-4)27(26(25)29)13-17-6-5-9-32-17/h7-8,10-12,17,23H,5-6,9,13H2,1-4H3/t17-,23+/m0/s1. The van der Waals surface area contributed by atoms with Crippen molar-refractivity contribution >= 4 is 16.9 Å². The van der Waals surface area contributed by atoms with Gasteiger partial charge in [-0.2, -0.15) is 0 Å². The number of benzene rings is 2. The van der Waals surface area contributed by atoms with Gasteiger partial charge in [-0.3, -0.25) is 9.59 Å². The third-order valence-electron chi connectivity index (χ3n) is 6.73. The largest absolute Gasteiger partial charge is 0.493 e. The first-order valence-electron chi connectivity index (χ1n) is 11.2. The Balaban J connectivity index is 1.72. The predicted octanol–water partition coefficient (Wildman–Crippen LogP) is 4.15. The van der Waals surface area contributed by atoms with E-state index in [9.17, 15) is 9.59 Å². The van der Waals surface area contributed by atoms with Crippen molar-refractivity contribution < 1.29 is 23.4 Å². The molecular formula is C26H27NO6. The lowest BCUT2D eigenvalue weighted by Crippen LogP contribution is -2.36. The molecule has 0 radical (unpaired) electrons. The first-order valence-corrected chi connectivity index (χ1v) is 11.2. The molecule has 172 valence electrons. The van der Waals surface area contributed by atoms with Crippen molar-refractivity contribution in [2.45, 2.75) is 38.8 Å². The molecule has 33 heavy (non-hydrogen) atoms. The molecule has 2 aliphatic rings. The Labute approximate surface area is 191 Å². The van der Waals surface area contributed by atoms with Gasteiger partial charge in [0, 0.05) is 13.2 Å². The number of carbonyl (C=O) groups excluding carboxylic acids is 1. The van der Waals surface area contributed by atoms with E-state index in [1.807, 2.05) is 38.1 Å². The van der Waals surface area contributed by atoms with Crippen LogP contribution in [0.15, 0.2) is 39.5 Å². The molecule has 1 fully saturated rings. The summed E-state index contributed by atoms with van der Waals surface area (Å²) in [5.41, 5.74) is 3.37. The maximum absolute atomic E-state index is 13.7. The minimum atomic E-state index is -0.598. The highest BCUT2D eigenvalue weighted by atomic mass is 16.5. The van der Waals surface area contributed by atoms with E-state index in [1.54, 1.807) is 25.2 Å². The Morgan fingerprint density at radius 2 is 1.79 bits per heavy atom. The summed E-state index contributed by atoms with van der Waals surface area (Å²) in [7, 11) is 3.13. The fraction of sp³-hybridized carbons (Fsp3) is 0.385. The second-order valence-electron chi connectivity index (χ2n) is 8.72. The highest BCUT2D eigenvalue weighted by Gasteiger charge is 2.44. The molecule has 1 amide bonds. The summed E-state index contributed by atoms with van der Waals surface area (Å²) < 4.78 is 22.8. The maximum atomic E-state index is 13.7. The van der Waals surface area contributed by atoms with Crippen molar-refractivity contribution in [3.63, 3.8) is 0 Å². The highest BCUT2D eigenvalue weighted by molar-refractivity contribution is 5.99. The third kappa shape index (κ3) is 3.47. The van der Waals surface area contributed by atoms with E-state index in [0.29, 0.717) is 41.2 Å². The number of methoxy groups -OCH3 is 2. The van der Waals surface area contributed by atoms with Crippen LogP contribution in [-0.4, -0.2) is 44.3 Å². The van der Waals surface area contributed by atoms with Gasteiger partial charge in [0.2, 0.25) is 5.76 Å². The van der Waals surface area contributed by atoms with E-state index in [1.165, 1.54) is 0 Å². The van der Waals surface area contributed by atoms with Gasteiger partial charge in [0.15, 0.2) is 16.9 Å². The van der Waals surface area contributed by atoms with E-state index < -0.39 is 6.04 Å². The lowest BCUT2D eigenvalue weighted by Gasteiger charge is -2.27. The van der Waals surface area contributed by atoms with E-state index in [2.05, 4.69) is 0 Å². The molecule has 3 heterocycles. The van der Waals surface area contributed by atoms with Crippen LogP contribution in [0.2, 0.25) is 0 Å². The fourth-order valence-corrected chi connectivity index (χ4v) is 4.84. The topological polar surface area (TPSA) is 78.2 Å². The van der Waals surface area contributed by atoms with E-state index >= 15 is 0 Å². The smallest absolute Gasteiger partial charge is 0.291 e. The third-order valence-corrected chi connectivity index (χ3v) is 6.73. The van der Waals surface area contributed by atoms with Gasteiger partial charge in [-0.1, -0.05) is 6.07 Å². The van der Waals surface area contributed by atoms with Crippen LogP contribution in [0.4, 0.5) is 0 Å². The van der Waals surface area contributed by atoms with Crippen molar-refractivity contribution in [1.82, 2.24) is 4.90 Å². The maximum Gasteiger partial charge on any atom is 0.291 e. The molecule has 2 aliphatic heterocycles. The summed E-state index contributed by atoms with van der Waals surface area (Å²) in [4.78, 5) is 29.0. The zero-order valence-electron chi connectivity index (χ0n) is 19.3. The first kappa shape index (κ1) is 21.5. The van der Waals surface area contributed by atoms with Crippen LogP contribution in [0, 0.1) is 13.8 Å². The molecule has 7 heteroatoms. The second kappa shape index (κ2) is 8.23. The van der Waals surface area contributed by atoms with Crippen molar-refractivity contribution in [3.05, 3.63) is 68.6 Å². The summed E-state index contributed by atoms with van der Waals surface area (Å²) in [6, 6.07) is 8.54. The van der Waals surface area contributed by atoms with Crippen molar-refractivity contribution in [2.75, 3.05) is 27.4 Å². The summed E-state index contributed by atoms with van der Waals surface area (Å²) in [5, 5.41) is 0.481. The minimum absolute atomic E-state index is 0.0695. The number of nitrogens with zero attached hydrogens (tertiary/aromatic N) is 1. The Bertz CT molecular complexity index is 1300. The van der Waals surface area contributed by atoms with E-state index in [4.69, 9.17) is 18.6 Å². The van der Waals surface area contributed by atoms with E-state index in [0.717, 1.165) is 29.5 Å². The highest BCUT2D eigenvalue weighted by Crippen LogP contribution is 2.41. The van der Waals surface area contributed by atoms with Crippen LogP contribution in [0.5, 0.6) is 11.5 Å². The average Bonchev–Trinajstić information content (AvgIpc) is 3.42. The van der Waals surface area contributed by atoms with Gasteiger partial charge in [0.25, 0.3) is 5.91 Å². The number of hydrogen-bond acceptors (Lipinski definition) is 6. The van der Waals surface area contributed by atoms with Gasteiger partial charge >= 0.3 is 0 Å². The number of hydrogen-bond donors (Lipinski definition) is 0. The molecule has 1 saturated heterocycles. The van der Waals surface area contributed by atoms with Crippen LogP contribution in [0.1, 0.15) is 51.7 Å². The zero-order valence-corrected chi connectivity index (χ0v) is 19.3. The Morgan fingerprint density at radius 1 is 1.03 bits per heavy atom. The zero-order chi connectivity index (χ0) is 23.3. The first-order chi connectivity index (χ1) is 15.9. The number of amides is 1. The average molecular weight is 450 g/mol. The molecule has 2 atom stereocenters. The summed E-state index contributed by atoms with van der Waals surface area (Å²) in [6.07, 6.45) is 1.76. The quantitative estimate of drug-likeness (QED) is 0.582. The molecule has 5 rings (SSSR count). The van der Waals surface area contributed by atoms with Crippen LogP contribution >= 0.6 is 0 Å². The monoisotopic (exact) mass is 449 g/mol. The summed E-state index contributed by atoms with van der Waals surface area (Å²) >= 11 is 0. The molecule has 2 aromatic carbocycles. The van der Waals surface area contributed by atoms with Gasteiger partial charge in [-0.05, 0) is 67.6 Å². The number of rotatable bonds is 5. The van der Waals surface area contributed by atoms with Crippen LogP contribution in [0.25, 0.3) is 11.0 Å². The molecule has 0 bridgehead atoms. The van der Waals surface area contributed by atoms with Crippen LogP contribution in [-0.2, 0) is 4.74 Å². The molecular weight excluding hydrogens is 422 g/mol. The lowest BCUT2D eigenvalue weighted by atomic mass is 9.97. The van der Waals surface area contributed by atoms with E-state index in [-0.39, 0.29) is 23.2 Å². The molecule has 0 aliphatic carbocycles. The Kier molecular flexibility index (Phi) is 5.37. The van der Waals surface area contributed by atoms with Crippen LogP contribution in [0.3, 0.4) is 0 Å². The Morgan fingerprint density at radius 3 is 2.48 bits per heavy atom.